The topological polar surface area (TPSA) is 78.8 Å². The Bertz CT molecular complexity index is 932. The van der Waals surface area contributed by atoms with E-state index in [9.17, 15) is 15.0 Å². The Hall–Kier alpha value is -0.650. The standard InChI is InChI=1S/C32H55NO4/c1-21(34)37-20-31-15-13-26(2,3)19-24(31)32(36)25(35)18-23-28(6)11-9-17-33-27(4,5)22(28)10-12-29(23,7)30(32,8)14-16-31/h22-25,33,35-36H,9-20H2,1-8H3/t22-,23+,24+,25+,28-,29+,30-,31+,32+/m0/s1. The van der Waals surface area contributed by atoms with E-state index >= 15 is 0 Å². The fraction of sp³-hybridized carbons (Fsp3) is 0.969. The van der Waals surface area contributed by atoms with Crippen LogP contribution in [-0.4, -0.2) is 46.6 Å². The Morgan fingerprint density at radius 1 is 0.919 bits per heavy atom. The predicted octanol–water partition coefficient (Wildman–Crippen LogP) is 5.86. The molecule has 0 unspecified atom stereocenters. The number of hydrogen-bond acceptors (Lipinski definition) is 5. The molecule has 212 valence electrons. The summed E-state index contributed by atoms with van der Waals surface area (Å²) in [6.07, 6.45) is 9.25. The maximum Gasteiger partial charge on any atom is 0.302 e. The first kappa shape index (κ1) is 27.9. The zero-order valence-electron chi connectivity index (χ0n) is 25.0. The van der Waals surface area contributed by atoms with Gasteiger partial charge in [-0.15, -0.1) is 0 Å². The summed E-state index contributed by atoms with van der Waals surface area (Å²) in [7, 11) is 0. The van der Waals surface area contributed by atoms with Crippen molar-refractivity contribution in [3.8, 4) is 0 Å². The van der Waals surface area contributed by atoms with Gasteiger partial charge in [-0.05, 0) is 113 Å². The molecule has 5 nitrogen and oxygen atoms in total. The number of aliphatic hydroxyl groups excluding tert-OH is 1. The Morgan fingerprint density at radius 2 is 1.59 bits per heavy atom. The summed E-state index contributed by atoms with van der Waals surface area (Å²) in [5, 5.41) is 29.2. The Morgan fingerprint density at radius 3 is 2.27 bits per heavy atom. The Kier molecular flexibility index (Phi) is 6.35. The number of carbonyl (C=O) groups excluding carboxylic acids is 1. The van der Waals surface area contributed by atoms with Gasteiger partial charge in [-0.3, -0.25) is 4.79 Å². The highest BCUT2D eigenvalue weighted by Gasteiger charge is 2.77. The average Bonchev–Trinajstić information content (AvgIpc) is 2.92. The number of hydrogen-bond donors (Lipinski definition) is 3. The van der Waals surface area contributed by atoms with E-state index in [0.717, 1.165) is 45.1 Å². The normalized spacial score (nSPS) is 52.5. The molecule has 0 radical (unpaired) electrons. The molecule has 0 aromatic heterocycles. The summed E-state index contributed by atoms with van der Waals surface area (Å²) in [6.45, 7) is 19.6. The molecule has 0 bridgehead atoms. The van der Waals surface area contributed by atoms with Gasteiger partial charge in [0.2, 0.25) is 0 Å². The lowest BCUT2D eigenvalue weighted by Crippen LogP contribution is -2.78. The molecular formula is C32H55NO4. The molecule has 1 heterocycles. The van der Waals surface area contributed by atoms with Crippen molar-refractivity contribution in [3.05, 3.63) is 0 Å². The first-order valence-electron chi connectivity index (χ1n) is 15.3. The van der Waals surface area contributed by atoms with E-state index in [1.54, 1.807) is 0 Å². The van der Waals surface area contributed by atoms with E-state index < -0.39 is 17.1 Å². The van der Waals surface area contributed by atoms with Crippen molar-refractivity contribution in [2.45, 2.75) is 137 Å². The lowest BCUT2D eigenvalue weighted by molar-refractivity contribution is -0.342. The van der Waals surface area contributed by atoms with Gasteiger partial charge in [0, 0.05) is 29.2 Å². The fourth-order valence-corrected chi connectivity index (χ4v) is 11.5. The third-order valence-electron chi connectivity index (χ3n) is 13.8. The molecule has 5 rings (SSSR count). The molecule has 4 saturated carbocycles. The SMILES string of the molecule is CC(=O)OC[C@]12CCC(C)(C)C[C@H]1[C@@]1(O)[C@H](O)C[C@@H]3[C@@]4(C)CCCNC(C)(C)[C@@H]4CC[C@@]3(C)[C@]1(C)CC2. The largest absolute Gasteiger partial charge is 0.465 e. The van der Waals surface area contributed by atoms with Crippen LogP contribution in [-0.2, 0) is 9.53 Å². The molecule has 37 heavy (non-hydrogen) atoms. The zero-order chi connectivity index (χ0) is 27.3. The molecule has 1 aliphatic heterocycles. The van der Waals surface area contributed by atoms with Crippen LogP contribution in [0.3, 0.4) is 0 Å². The molecule has 3 N–H and O–H groups in total. The summed E-state index contributed by atoms with van der Waals surface area (Å²) in [5.41, 5.74) is -1.59. The second kappa shape index (κ2) is 8.43. The summed E-state index contributed by atoms with van der Waals surface area (Å²) in [6, 6.07) is 0. The molecule has 0 aromatic rings. The number of carbonyl (C=O) groups is 1. The predicted molar refractivity (Wildman–Crippen MR) is 147 cm³/mol. The van der Waals surface area contributed by atoms with Crippen LogP contribution in [0.1, 0.15) is 120 Å². The highest BCUT2D eigenvalue weighted by atomic mass is 16.5. The Labute approximate surface area is 225 Å². The maximum absolute atomic E-state index is 13.1. The summed E-state index contributed by atoms with van der Waals surface area (Å²) < 4.78 is 5.72. The van der Waals surface area contributed by atoms with Crippen LogP contribution in [0.2, 0.25) is 0 Å². The van der Waals surface area contributed by atoms with Gasteiger partial charge in [0.05, 0.1) is 18.3 Å². The average molecular weight is 518 g/mol. The van der Waals surface area contributed by atoms with Crippen molar-refractivity contribution in [1.82, 2.24) is 5.32 Å². The van der Waals surface area contributed by atoms with Crippen molar-refractivity contribution in [2.75, 3.05) is 13.2 Å². The smallest absolute Gasteiger partial charge is 0.302 e. The lowest BCUT2D eigenvalue weighted by Gasteiger charge is -2.76. The minimum atomic E-state index is -1.18. The van der Waals surface area contributed by atoms with E-state index in [0.29, 0.717) is 24.9 Å². The number of nitrogens with one attached hydrogen (secondary N) is 1. The second-order valence-corrected chi connectivity index (χ2v) is 16.3. The van der Waals surface area contributed by atoms with Crippen molar-refractivity contribution in [3.63, 3.8) is 0 Å². The fourth-order valence-electron chi connectivity index (χ4n) is 11.5. The van der Waals surface area contributed by atoms with Crippen LogP contribution in [0.5, 0.6) is 0 Å². The van der Waals surface area contributed by atoms with E-state index in [4.69, 9.17) is 4.74 Å². The van der Waals surface area contributed by atoms with Gasteiger partial charge in [0.1, 0.15) is 0 Å². The van der Waals surface area contributed by atoms with Crippen molar-refractivity contribution < 1.29 is 19.7 Å². The first-order valence-corrected chi connectivity index (χ1v) is 15.3. The van der Waals surface area contributed by atoms with Gasteiger partial charge >= 0.3 is 5.97 Å². The first-order chi connectivity index (χ1) is 17.0. The highest BCUT2D eigenvalue weighted by molar-refractivity contribution is 5.65. The summed E-state index contributed by atoms with van der Waals surface area (Å²) >= 11 is 0. The van der Waals surface area contributed by atoms with Gasteiger partial charge < -0.3 is 20.3 Å². The number of esters is 1. The minimum Gasteiger partial charge on any atom is -0.465 e. The van der Waals surface area contributed by atoms with Gasteiger partial charge in [-0.2, -0.15) is 0 Å². The number of fused-ring (bicyclic) bond motifs is 7. The van der Waals surface area contributed by atoms with Gasteiger partial charge in [-0.1, -0.05) is 34.6 Å². The van der Waals surface area contributed by atoms with Crippen LogP contribution in [0.25, 0.3) is 0 Å². The van der Waals surface area contributed by atoms with Crippen LogP contribution in [0, 0.1) is 44.8 Å². The van der Waals surface area contributed by atoms with Crippen LogP contribution < -0.4 is 5.32 Å². The molecular weight excluding hydrogens is 462 g/mol. The number of rotatable bonds is 2. The Balaban J connectivity index is 1.61. The lowest BCUT2D eigenvalue weighted by atomic mass is 9.30. The minimum absolute atomic E-state index is 0.0537. The number of ether oxygens (including phenoxy) is 1. The highest BCUT2D eigenvalue weighted by Crippen LogP contribution is 2.77. The molecule has 0 aromatic carbocycles. The van der Waals surface area contributed by atoms with Gasteiger partial charge in [0.25, 0.3) is 0 Å². The molecule has 1 saturated heterocycles. The molecule has 0 spiro atoms. The zero-order valence-corrected chi connectivity index (χ0v) is 25.0. The van der Waals surface area contributed by atoms with Crippen LogP contribution in [0.15, 0.2) is 0 Å². The van der Waals surface area contributed by atoms with Crippen molar-refractivity contribution in [1.29, 1.82) is 0 Å². The molecule has 4 aliphatic carbocycles. The molecule has 0 amide bonds. The van der Waals surface area contributed by atoms with E-state index in [2.05, 4.69) is 53.8 Å². The van der Waals surface area contributed by atoms with Crippen LogP contribution in [0.4, 0.5) is 0 Å². The summed E-state index contributed by atoms with van der Waals surface area (Å²) in [5.74, 6) is 0.608. The monoisotopic (exact) mass is 517 g/mol. The summed E-state index contributed by atoms with van der Waals surface area (Å²) in [4.78, 5) is 11.9. The van der Waals surface area contributed by atoms with Gasteiger partial charge in [0.15, 0.2) is 0 Å². The molecule has 9 atom stereocenters. The van der Waals surface area contributed by atoms with Crippen molar-refractivity contribution in [2.24, 2.45) is 44.8 Å². The van der Waals surface area contributed by atoms with Crippen LogP contribution >= 0.6 is 0 Å². The molecule has 5 heteroatoms. The molecule has 5 aliphatic rings. The number of aliphatic hydroxyl groups is 2. The van der Waals surface area contributed by atoms with E-state index in [1.165, 1.54) is 26.2 Å². The van der Waals surface area contributed by atoms with Crippen molar-refractivity contribution >= 4 is 5.97 Å². The third kappa shape index (κ3) is 3.68. The van der Waals surface area contributed by atoms with Gasteiger partial charge in [-0.25, -0.2) is 0 Å². The second-order valence-electron chi connectivity index (χ2n) is 16.3. The van der Waals surface area contributed by atoms with E-state index in [-0.39, 0.29) is 39.1 Å². The quantitative estimate of drug-likeness (QED) is 0.400. The van der Waals surface area contributed by atoms with E-state index in [1.807, 2.05) is 0 Å². The molecule has 5 fully saturated rings. The maximum atomic E-state index is 13.1. The third-order valence-corrected chi connectivity index (χ3v) is 13.8.